The van der Waals surface area contributed by atoms with Gasteiger partial charge in [0.2, 0.25) is 0 Å². The lowest BCUT2D eigenvalue weighted by Crippen LogP contribution is -2.32. The number of aryl methyl sites for hydroxylation is 2. The van der Waals surface area contributed by atoms with Gasteiger partial charge in [0.25, 0.3) is 0 Å². The summed E-state index contributed by atoms with van der Waals surface area (Å²) in [4.78, 5) is 11.0. The fourth-order valence-electron chi connectivity index (χ4n) is 10.9. The van der Waals surface area contributed by atoms with E-state index in [2.05, 4.69) is 116 Å². The molecule has 4 unspecified atom stereocenters. The van der Waals surface area contributed by atoms with Gasteiger partial charge in [0.1, 0.15) is 0 Å². The first-order valence-corrected chi connectivity index (χ1v) is 16.9. The van der Waals surface area contributed by atoms with Crippen molar-refractivity contribution in [2.45, 2.75) is 104 Å². The molecule has 2 fully saturated rings. The van der Waals surface area contributed by atoms with Crippen LogP contribution in [-0.2, 0) is 10.8 Å². The van der Waals surface area contributed by atoms with Crippen LogP contribution in [0.2, 0.25) is 0 Å². The van der Waals surface area contributed by atoms with Crippen LogP contribution in [0.25, 0.3) is 44.3 Å². The van der Waals surface area contributed by atoms with Crippen LogP contribution in [-0.4, -0.2) is 9.97 Å². The van der Waals surface area contributed by atoms with Crippen molar-refractivity contribution in [3.8, 4) is 22.5 Å². The molecule has 0 N–H and O–H groups in total. The number of rotatable bonds is 2. The third kappa shape index (κ3) is 2.90. The predicted molar refractivity (Wildman–Crippen MR) is 184 cm³/mol. The van der Waals surface area contributed by atoms with Gasteiger partial charge in [-0.1, -0.05) is 77.9 Å². The molecule has 3 aromatic carbocycles. The van der Waals surface area contributed by atoms with Gasteiger partial charge in [-0.3, -0.25) is 0 Å². The molecular formula is C42H44N2. The van der Waals surface area contributed by atoms with Gasteiger partial charge < -0.3 is 0 Å². The third-order valence-electron chi connectivity index (χ3n) is 14.2. The molecule has 44 heavy (non-hydrogen) atoms. The molecule has 9 rings (SSSR count). The summed E-state index contributed by atoms with van der Waals surface area (Å²) in [5.74, 6) is 1.16. The quantitative estimate of drug-likeness (QED) is 0.209. The summed E-state index contributed by atoms with van der Waals surface area (Å²) < 4.78 is 0. The Morgan fingerprint density at radius 2 is 0.955 bits per heavy atom. The van der Waals surface area contributed by atoms with Crippen molar-refractivity contribution in [1.82, 2.24) is 9.97 Å². The topological polar surface area (TPSA) is 25.8 Å². The molecule has 0 amide bonds. The van der Waals surface area contributed by atoms with Gasteiger partial charge in [-0.25, -0.2) is 9.97 Å². The Morgan fingerprint density at radius 1 is 0.568 bits per heavy atom. The molecule has 2 saturated carbocycles. The van der Waals surface area contributed by atoms with Crippen molar-refractivity contribution in [3.05, 3.63) is 94.0 Å². The van der Waals surface area contributed by atoms with Crippen LogP contribution in [0.3, 0.4) is 0 Å². The zero-order valence-corrected chi connectivity index (χ0v) is 27.7. The highest BCUT2D eigenvalue weighted by Gasteiger charge is 2.62. The van der Waals surface area contributed by atoms with Crippen LogP contribution >= 0.6 is 0 Å². The zero-order valence-electron chi connectivity index (χ0n) is 27.7. The Hall–Kier alpha value is -3.52. The first kappa shape index (κ1) is 26.8. The lowest BCUT2D eigenvalue weighted by molar-refractivity contribution is 0.231. The fourth-order valence-corrected chi connectivity index (χ4v) is 10.9. The van der Waals surface area contributed by atoms with Crippen molar-refractivity contribution in [3.63, 3.8) is 0 Å². The van der Waals surface area contributed by atoms with Gasteiger partial charge in [0, 0.05) is 32.7 Å². The minimum absolute atomic E-state index is 0.124. The molecule has 2 heteroatoms. The number of aromatic nitrogens is 2. The van der Waals surface area contributed by atoms with Gasteiger partial charge in [0.15, 0.2) is 0 Å². The predicted octanol–water partition coefficient (Wildman–Crippen LogP) is 11.1. The fraction of sp³-hybridized carbons (Fsp3) is 0.429. The molecule has 0 aliphatic heterocycles. The molecule has 0 radical (unpaired) electrons. The Morgan fingerprint density at radius 3 is 1.36 bits per heavy atom. The van der Waals surface area contributed by atoms with Gasteiger partial charge in [0.05, 0.1) is 22.4 Å². The summed E-state index contributed by atoms with van der Waals surface area (Å²) in [5, 5.41) is 2.72. The molecule has 4 bridgehead atoms. The number of pyridine rings is 2. The van der Waals surface area contributed by atoms with E-state index in [1.54, 1.807) is 11.1 Å². The number of benzene rings is 3. The highest BCUT2D eigenvalue weighted by Crippen LogP contribution is 2.71. The van der Waals surface area contributed by atoms with Crippen LogP contribution in [0, 0.1) is 24.7 Å². The van der Waals surface area contributed by atoms with Gasteiger partial charge in [-0.15, -0.1) is 0 Å². The van der Waals surface area contributed by atoms with Crippen molar-refractivity contribution in [2.75, 3.05) is 0 Å². The maximum atomic E-state index is 5.50. The Kier molecular flexibility index (Phi) is 5.00. The molecule has 2 heterocycles. The summed E-state index contributed by atoms with van der Waals surface area (Å²) >= 11 is 0. The summed E-state index contributed by atoms with van der Waals surface area (Å²) in [6.07, 6.45) is 5.03. The number of fused-ring (bicyclic) bond motifs is 14. The molecule has 4 atom stereocenters. The maximum absolute atomic E-state index is 5.50. The van der Waals surface area contributed by atoms with E-state index in [1.807, 2.05) is 0 Å². The Bertz CT molecular complexity index is 1950. The third-order valence-corrected chi connectivity index (χ3v) is 14.2. The molecule has 4 aliphatic rings. The van der Waals surface area contributed by atoms with E-state index in [0.717, 1.165) is 11.0 Å². The van der Waals surface area contributed by atoms with Crippen LogP contribution in [0.1, 0.15) is 112 Å². The number of nitrogens with zero attached hydrogens (tertiary/aromatic N) is 2. The van der Waals surface area contributed by atoms with Crippen molar-refractivity contribution in [1.29, 1.82) is 0 Å². The van der Waals surface area contributed by atoms with E-state index in [9.17, 15) is 0 Å². The number of para-hydroxylation sites is 2. The largest absolute Gasteiger partial charge is 0.247 e. The normalized spacial score (nSPS) is 28.6. The van der Waals surface area contributed by atoms with Gasteiger partial charge >= 0.3 is 0 Å². The number of hydrogen-bond acceptors (Lipinski definition) is 2. The van der Waals surface area contributed by atoms with Crippen LogP contribution < -0.4 is 0 Å². The van der Waals surface area contributed by atoms with Crippen LogP contribution in [0.5, 0.6) is 0 Å². The smallest absolute Gasteiger partial charge is 0.0753 e. The van der Waals surface area contributed by atoms with Crippen molar-refractivity contribution in [2.24, 2.45) is 10.8 Å². The lowest BCUT2D eigenvalue weighted by Gasteiger charge is -2.36. The lowest BCUT2D eigenvalue weighted by atomic mass is 9.67. The monoisotopic (exact) mass is 576 g/mol. The second-order valence-electron chi connectivity index (χ2n) is 16.3. The van der Waals surface area contributed by atoms with Gasteiger partial charge in [-0.2, -0.15) is 0 Å². The molecular weight excluding hydrogens is 532 g/mol. The van der Waals surface area contributed by atoms with E-state index in [1.165, 1.54) is 81.2 Å². The standard InChI is InChI=1S/C42H44N2/c1-23-21-28(38-36-34(26-14-10-12-16-32(26)44-38)30-18-20-42(36,8)40(30,5)6)24(2)22-27(23)37-35-33(25-13-9-11-15-31(25)43-37)29-17-19-41(35,7)39(29,3)4/h9-16,21-22,29-30H,17-20H2,1-8H3. The molecule has 0 saturated heterocycles. The molecule has 2 nitrogen and oxygen atoms in total. The summed E-state index contributed by atoms with van der Waals surface area (Å²) in [7, 11) is 0. The zero-order chi connectivity index (χ0) is 30.6. The maximum Gasteiger partial charge on any atom is 0.0753 e. The second kappa shape index (κ2) is 8.19. The Balaban J connectivity index is 1.31. The minimum Gasteiger partial charge on any atom is -0.247 e. The summed E-state index contributed by atoms with van der Waals surface area (Å²) in [6.45, 7) is 19.7. The van der Waals surface area contributed by atoms with Crippen molar-refractivity contribution >= 4 is 21.8 Å². The Labute approximate surface area is 262 Å². The first-order valence-electron chi connectivity index (χ1n) is 16.9. The van der Waals surface area contributed by atoms with E-state index >= 15 is 0 Å². The van der Waals surface area contributed by atoms with Crippen LogP contribution in [0.4, 0.5) is 0 Å². The molecule has 5 aromatic rings. The highest BCUT2D eigenvalue weighted by atomic mass is 14.8. The van der Waals surface area contributed by atoms with E-state index in [4.69, 9.17) is 9.97 Å². The second-order valence-corrected chi connectivity index (χ2v) is 16.3. The molecule has 2 aromatic heterocycles. The number of hydrogen-bond donors (Lipinski definition) is 0. The SMILES string of the molecule is Cc1cc(-c2nc3ccccc3c3c2C2(C)CCC3C2(C)C)c(C)cc1-c1nc2ccccc2c2c1C1(C)CCC2C1(C)C. The van der Waals surface area contributed by atoms with E-state index in [-0.39, 0.29) is 21.7 Å². The van der Waals surface area contributed by atoms with E-state index < -0.39 is 0 Å². The van der Waals surface area contributed by atoms with Crippen LogP contribution in [0.15, 0.2) is 60.7 Å². The summed E-state index contributed by atoms with van der Waals surface area (Å²) in [5.41, 5.74) is 16.8. The molecule has 222 valence electrons. The summed E-state index contributed by atoms with van der Waals surface area (Å²) in [6, 6.07) is 22.7. The average molecular weight is 577 g/mol. The highest BCUT2D eigenvalue weighted by molar-refractivity contribution is 5.93. The molecule has 0 spiro atoms. The molecule has 4 aliphatic carbocycles. The minimum atomic E-state index is 0.124. The van der Waals surface area contributed by atoms with Crippen molar-refractivity contribution < 1.29 is 0 Å². The first-order chi connectivity index (χ1) is 20.9. The van der Waals surface area contributed by atoms with E-state index in [0.29, 0.717) is 11.8 Å². The average Bonchev–Trinajstić information content (AvgIpc) is 3.52. The van der Waals surface area contributed by atoms with Gasteiger partial charge in [-0.05, 0) is 120 Å².